The Labute approximate surface area is 96.2 Å². The van der Waals surface area contributed by atoms with Crippen LogP contribution < -0.4 is 5.73 Å². The van der Waals surface area contributed by atoms with Gasteiger partial charge in [-0.05, 0) is 26.7 Å². The zero-order valence-corrected chi connectivity index (χ0v) is 11.1. The van der Waals surface area contributed by atoms with Crippen LogP contribution in [0.3, 0.4) is 0 Å². The molecular formula is C13H30N2. The molecule has 0 radical (unpaired) electrons. The van der Waals surface area contributed by atoms with Crippen molar-refractivity contribution in [2.75, 3.05) is 13.1 Å². The minimum Gasteiger partial charge on any atom is -0.329 e. The van der Waals surface area contributed by atoms with E-state index in [1.807, 2.05) is 13.8 Å². The van der Waals surface area contributed by atoms with Gasteiger partial charge in [-0.15, -0.1) is 0 Å². The normalized spacial score (nSPS) is 17.8. The van der Waals surface area contributed by atoms with Crippen LogP contribution in [0.4, 0.5) is 0 Å². The van der Waals surface area contributed by atoms with Crippen LogP contribution in [0.2, 0.25) is 0 Å². The summed E-state index contributed by atoms with van der Waals surface area (Å²) in [5.41, 5.74) is 5.63. The zero-order valence-electron chi connectivity index (χ0n) is 11.1. The largest absolute Gasteiger partial charge is 0.329 e. The van der Waals surface area contributed by atoms with E-state index in [9.17, 15) is 0 Å². The summed E-state index contributed by atoms with van der Waals surface area (Å²) in [5.74, 6) is 0. The monoisotopic (exact) mass is 214 g/mol. The van der Waals surface area contributed by atoms with Gasteiger partial charge in [-0.25, -0.2) is 0 Å². The molecular weight excluding hydrogens is 184 g/mol. The second-order valence-corrected chi connectivity index (χ2v) is 4.41. The fourth-order valence-electron chi connectivity index (χ4n) is 2.42. The highest BCUT2D eigenvalue weighted by Crippen LogP contribution is 2.23. The molecule has 0 aromatic rings. The minimum absolute atomic E-state index is 0.659. The van der Waals surface area contributed by atoms with E-state index in [0.717, 1.165) is 19.1 Å². The molecule has 2 heteroatoms. The lowest BCUT2D eigenvalue weighted by Crippen LogP contribution is -2.44. The van der Waals surface area contributed by atoms with Crippen molar-refractivity contribution in [3.63, 3.8) is 0 Å². The Balaban J connectivity index is 0.000000921. The zero-order chi connectivity index (χ0) is 11.7. The fraction of sp³-hybridized carbons (Fsp3) is 1.00. The molecule has 0 saturated heterocycles. The van der Waals surface area contributed by atoms with E-state index in [1.54, 1.807) is 0 Å². The summed E-state index contributed by atoms with van der Waals surface area (Å²) >= 11 is 0. The number of rotatable bonds is 4. The van der Waals surface area contributed by atoms with Crippen LogP contribution in [0.1, 0.15) is 59.8 Å². The molecule has 0 bridgehead atoms. The van der Waals surface area contributed by atoms with Gasteiger partial charge in [0.2, 0.25) is 0 Å². The molecule has 1 aliphatic carbocycles. The predicted molar refractivity (Wildman–Crippen MR) is 69.1 cm³/mol. The van der Waals surface area contributed by atoms with Crippen LogP contribution in [0, 0.1) is 0 Å². The van der Waals surface area contributed by atoms with Crippen LogP contribution in [0.15, 0.2) is 0 Å². The van der Waals surface area contributed by atoms with E-state index in [0.29, 0.717) is 6.04 Å². The molecule has 2 N–H and O–H groups in total. The summed E-state index contributed by atoms with van der Waals surface area (Å²) in [4.78, 5) is 2.58. The predicted octanol–water partition coefficient (Wildman–Crippen LogP) is 3.01. The lowest BCUT2D eigenvalue weighted by atomic mass is 9.93. The van der Waals surface area contributed by atoms with E-state index in [2.05, 4.69) is 18.7 Å². The molecule has 0 spiro atoms. The summed E-state index contributed by atoms with van der Waals surface area (Å²) in [7, 11) is 0. The van der Waals surface area contributed by atoms with Crippen LogP contribution >= 0.6 is 0 Å². The maximum absolute atomic E-state index is 5.63. The van der Waals surface area contributed by atoms with Crippen LogP contribution in [0.5, 0.6) is 0 Å². The molecule has 0 unspecified atom stereocenters. The highest BCUT2D eigenvalue weighted by Gasteiger charge is 2.22. The summed E-state index contributed by atoms with van der Waals surface area (Å²) in [6.07, 6.45) is 7.04. The third-order valence-corrected chi connectivity index (χ3v) is 3.09. The Morgan fingerprint density at radius 2 is 1.67 bits per heavy atom. The SMILES string of the molecule is CC.CC(C)N(CCN)C1CCCCC1. The molecule has 0 aromatic carbocycles. The van der Waals surface area contributed by atoms with Gasteiger partial charge in [0.1, 0.15) is 0 Å². The second kappa shape index (κ2) is 9.17. The molecule has 0 amide bonds. The number of hydrogen-bond acceptors (Lipinski definition) is 2. The molecule has 1 fully saturated rings. The Morgan fingerprint density at radius 1 is 1.13 bits per heavy atom. The second-order valence-electron chi connectivity index (χ2n) is 4.41. The Kier molecular flexibility index (Phi) is 9.12. The first kappa shape index (κ1) is 14.9. The van der Waals surface area contributed by atoms with Crippen molar-refractivity contribution >= 4 is 0 Å². The van der Waals surface area contributed by atoms with Crippen LogP contribution in [0.25, 0.3) is 0 Å². The van der Waals surface area contributed by atoms with Gasteiger partial charge in [0, 0.05) is 25.2 Å². The van der Waals surface area contributed by atoms with E-state index < -0.39 is 0 Å². The molecule has 2 nitrogen and oxygen atoms in total. The molecule has 1 aliphatic rings. The average Bonchev–Trinajstić information content (AvgIpc) is 2.29. The minimum atomic E-state index is 0.659. The summed E-state index contributed by atoms with van der Waals surface area (Å²) < 4.78 is 0. The fourth-order valence-corrected chi connectivity index (χ4v) is 2.42. The molecule has 0 aromatic heterocycles. The van der Waals surface area contributed by atoms with E-state index in [4.69, 9.17) is 5.73 Å². The molecule has 15 heavy (non-hydrogen) atoms. The van der Waals surface area contributed by atoms with E-state index >= 15 is 0 Å². The van der Waals surface area contributed by atoms with E-state index in [1.165, 1.54) is 32.1 Å². The van der Waals surface area contributed by atoms with Gasteiger partial charge in [-0.3, -0.25) is 4.90 Å². The van der Waals surface area contributed by atoms with Crippen molar-refractivity contribution in [3.05, 3.63) is 0 Å². The smallest absolute Gasteiger partial charge is 0.0110 e. The lowest BCUT2D eigenvalue weighted by molar-refractivity contribution is 0.124. The maximum atomic E-state index is 5.63. The van der Waals surface area contributed by atoms with Crippen LogP contribution in [-0.2, 0) is 0 Å². The Bertz CT molecular complexity index is 128. The summed E-state index contributed by atoms with van der Waals surface area (Å²) in [6, 6.07) is 1.48. The molecule has 1 rings (SSSR count). The molecule has 0 heterocycles. The Hall–Kier alpha value is -0.0800. The van der Waals surface area contributed by atoms with Crippen molar-refractivity contribution in [1.82, 2.24) is 4.90 Å². The van der Waals surface area contributed by atoms with Gasteiger partial charge in [-0.1, -0.05) is 33.1 Å². The van der Waals surface area contributed by atoms with Crippen molar-refractivity contribution in [1.29, 1.82) is 0 Å². The van der Waals surface area contributed by atoms with Gasteiger partial charge >= 0.3 is 0 Å². The molecule has 0 aliphatic heterocycles. The summed E-state index contributed by atoms with van der Waals surface area (Å²) in [5, 5.41) is 0. The highest BCUT2D eigenvalue weighted by atomic mass is 15.2. The quantitative estimate of drug-likeness (QED) is 0.779. The first-order chi connectivity index (χ1) is 7.25. The van der Waals surface area contributed by atoms with Gasteiger partial charge < -0.3 is 5.73 Å². The number of nitrogens with zero attached hydrogens (tertiary/aromatic N) is 1. The molecule has 0 atom stereocenters. The van der Waals surface area contributed by atoms with Crippen LogP contribution in [-0.4, -0.2) is 30.1 Å². The molecule has 92 valence electrons. The summed E-state index contributed by atoms with van der Waals surface area (Å²) in [6.45, 7) is 10.4. The van der Waals surface area contributed by atoms with Gasteiger partial charge in [0.05, 0.1) is 0 Å². The number of nitrogens with two attached hydrogens (primary N) is 1. The van der Waals surface area contributed by atoms with Crippen molar-refractivity contribution in [3.8, 4) is 0 Å². The van der Waals surface area contributed by atoms with Gasteiger partial charge in [-0.2, -0.15) is 0 Å². The maximum Gasteiger partial charge on any atom is 0.0110 e. The topological polar surface area (TPSA) is 29.3 Å². The van der Waals surface area contributed by atoms with Crippen molar-refractivity contribution in [2.45, 2.75) is 71.9 Å². The van der Waals surface area contributed by atoms with Crippen molar-refractivity contribution < 1.29 is 0 Å². The number of hydrogen-bond donors (Lipinski definition) is 1. The average molecular weight is 214 g/mol. The Morgan fingerprint density at radius 3 is 2.07 bits per heavy atom. The van der Waals surface area contributed by atoms with Gasteiger partial charge in [0.15, 0.2) is 0 Å². The first-order valence-electron chi connectivity index (χ1n) is 6.71. The lowest BCUT2D eigenvalue weighted by Gasteiger charge is -2.37. The highest BCUT2D eigenvalue weighted by molar-refractivity contribution is 4.78. The van der Waals surface area contributed by atoms with E-state index in [-0.39, 0.29) is 0 Å². The third kappa shape index (κ3) is 5.53. The third-order valence-electron chi connectivity index (χ3n) is 3.09. The first-order valence-corrected chi connectivity index (χ1v) is 6.71. The van der Waals surface area contributed by atoms with Crippen molar-refractivity contribution in [2.24, 2.45) is 5.73 Å². The molecule has 1 saturated carbocycles. The standard InChI is InChI=1S/C11H24N2.C2H6/c1-10(2)13(9-8-12)11-6-4-3-5-7-11;1-2/h10-11H,3-9,12H2,1-2H3;1-2H3. The van der Waals surface area contributed by atoms with Gasteiger partial charge in [0.25, 0.3) is 0 Å².